The lowest BCUT2D eigenvalue weighted by Crippen LogP contribution is -2.50. The number of carbonyl (C=O) groups is 1. The molecule has 0 aliphatic rings. The van der Waals surface area contributed by atoms with E-state index >= 15 is 0 Å². The Bertz CT molecular complexity index is 208. The zero-order valence-corrected chi connectivity index (χ0v) is 13.7. The summed E-state index contributed by atoms with van der Waals surface area (Å²) in [5.74, 6) is -0.935. The first kappa shape index (κ1) is 20.5. The highest BCUT2D eigenvalue weighted by molar-refractivity contribution is 5.84. The van der Waals surface area contributed by atoms with Crippen LogP contribution in [0.2, 0.25) is 0 Å². The summed E-state index contributed by atoms with van der Waals surface area (Å²) in [6, 6.07) is 0. The van der Waals surface area contributed by atoms with Crippen LogP contribution in [0, 0.1) is 0 Å². The van der Waals surface area contributed by atoms with Gasteiger partial charge in [0.2, 0.25) is 0 Å². The molecule has 0 saturated heterocycles. The van der Waals surface area contributed by atoms with E-state index in [1.54, 1.807) is 0 Å². The lowest BCUT2D eigenvalue weighted by molar-refractivity contribution is -0.928. The van der Waals surface area contributed by atoms with Gasteiger partial charge in [0.05, 0.1) is 26.2 Å². The highest BCUT2D eigenvalue weighted by atomic mass is 16.4. The molecule has 0 aromatic rings. The van der Waals surface area contributed by atoms with E-state index in [0.29, 0.717) is 0 Å². The van der Waals surface area contributed by atoms with Gasteiger partial charge in [0.25, 0.3) is 0 Å². The molecule has 0 saturated carbocycles. The Morgan fingerprint density at radius 2 is 1.11 bits per heavy atom. The van der Waals surface area contributed by atoms with Gasteiger partial charge in [-0.1, -0.05) is 34.3 Å². The summed E-state index contributed by atoms with van der Waals surface area (Å²) >= 11 is 0. The van der Waals surface area contributed by atoms with Crippen molar-refractivity contribution in [1.82, 2.24) is 0 Å². The molecule has 0 aromatic carbocycles. The van der Waals surface area contributed by atoms with Crippen LogP contribution in [0.15, 0.2) is 12.2 Å². The van der Waals surface area contributed by atoms with Gasteiger partial charge in [0, 0.05) is 5.57 Å². The normalized spacial score (nSPS) is 10.6. The van der Waals surface area contributed by atoms with E-state index in [1.807, 2.05) is 0 Å². The Labute approximate surface area is 119 Å². The number of nitrogens with zero attached hydrogens (tertiary/aromatic N) is 1. The molecule has 0 aromatic heterocycles. The number of carboxylic acid groups (broad SMARTS) is 1. The minimum atomic E-state index is -0.935. The third kappa shape index (κ3) is 10.8. The molecule has 0 atom stereocenters. The number of aliphatic carboxylic acids is 1. The third-order valence-electron chi connectivity index (χ3n) is 3.16. The van der Waals surface area contributed by atoms with Crippen LogP contribution in [-0.4, -0.2) is 41.7 Å². The molecule has 19 heavy (non-hydrogen) atoms. The molecule has 0 bridgehead atoms. The second kappa shape index (κ2) is 12.2. The minimum absolute atomic E-state index is 0.176. The Morgan fingerprint density at radius 3 is 1.21 bits per heavy atom. The molecule has 0 unspecified atom stereocenters. The Kier molecular flexibility index (Phi) is 13.2. The number of hydrogen-bond acceptors (Lipinski definition) is 1. The first-order chi connectivity index (χ1) is 8.89. The minimum Gasteiger partial charge on any atom is -0.478 e. The average Bonchev–Trinajstić information content (AvgIpc) is 2.31. The van der Waals surface area contributed by atoms with Crippen molar-refractivity contribution in [2.24, 2.45) is 0 Å². The topological polar surface area (TPSA) is 37.3 Å². The molecule has 1 N–H and O–H groups in total. The number of rotatable bonds is 9. The summed E-state index contributed by atoms with van der Waals surface area (Å²) in [5.41, 5.74) is 0.176. The lowest BCUT2D eigenvalue weighted by Gasteiger charge is -2.38. The first-order valence-electron chi connectivity index (χ1n) is 7.62. The molecule has 0 amide bonds. The van der Waals surface area contributed by atoms with Crippen LogP contribution in [0.1, 0.15) is 60.3 Å². The highest BCUT2D eigenvalue weighted by Crippen LogP contribution is 2.12. The molecule has 0 aliphatic carbocycles. The maximum atomic E-state index is 9.60. The van der Waals surface area contributed by atoms with Gasteiger partial charge in [-0.3, -0.25) is 0 Å². The zero-order chi connectivity index (χ0) is 15.3. The van der Waals surface area contributed by atoms with Gasteiger partial charge in [-0.25, -0.2) is 4.79 Å². The van der Waals surface area contributed by atoms with Crippen LogP contribution in [0.5, 0.6) is 0 Å². The molecule has 0 radical (unpaired) electrons. The van der Waals surface area contributed by atoms with Crippen LogP contribution < -0.4 is 0 Å². The van der Waals surface area contributed by atoms with Crippen molar-refractivity contribution in [1.29, 1.82) is 0 Å². The molecule has 3 heteroatoms. The number of hydrogen-bond donors (Lipinski definition) is 1. The van der Waals surface area contributed by atoms with E-state index in [2.05, 4.69) is 34.3 Å². The molecule has 3 nitrogen and oxygen atoms in total. The zero-order valence-electron chi connectivity index (χ0n) is 13.7. The Balaban J connectivity index is 0. The summed E-state index contributed by atoms with van der Waals surface area (Å²) in [4.78, 5) is 9.60. The first-order valence-corrected chi connectivity index (χ1v) is 7.62. The van der Waals surface area contributed by atoms with Crippen molar-refractivity contribution in [3.05, 3.63) is 12.2 Å². The van der Waals surface area contributed by atoms with E-state index in [9.17, 15) is 4.79 Å². The Morgan fingerprint density at radius 1 is 0.895 bits per heavy atom. The van der Waals surface area contributed by atoms with Crippen molar-refractivity contribution in [2.45, 2.75) is 60.3 Å². The molecular weight excluding hydrogens is 238 g/mol. The lowest BCUT2D eigenvalue weighted by atomic mass is 10.2. The largest absolute Gasteiger partial charge is 0.478 e. The quantitative estimate of drug-likeness (QED) is 0.507. The third-order valence-corrected chi connectivity index (χ3v) is 3.16. The molecule has 0 fully saturated rings. The summed E-state index contributed by atoms with van der Waals surface area (Å²) < 4.78 is 1.38. The predicted octanol–water partition coefficient (Wildman–Crippen LogP) is 4.09. The maximum absolute atomic E-state index is 9.60. The maximum Gasteiger partial charge on any atom is 0.330 e. The van der Waals surface area contributed by atoms with Gasteiger partial charge >= 0.3 is 5.97 Å². The predicted molar refractivity (Wildman–Crippen MR) is 83.3 cm³/mol. The van der Waals surface area contributed by atoms with Crippen LogP contribution in [-0.2, 0) is 4.79 Å². The van der Waals surface area contributed by atoms with Gasteiger partial charge < -0.3 is 9.59 Å². The van der Waals surface area contributed by atoms with Crippen LogP contribution in [0.4, 0.5) is 0 Å². The average molecular weight is 272 g/mol. The Hall–Kier alpha value is -0.830. The SMILES string of the molecule is C=C(C)C(=O)O.CCC[N+](CCC)(CCC)CCC. The van der Waals surface area contributed by atoms with Gasteiger partial charge in [-0.2, -0.15) is 0 Å². The number of carboxylic acids is 1. The van der Waals surface area contributed by atoms with Crippen molar-refractivity contribution in [3.8, 4) is 0 Å². The summed E-state index contributed by atoms with van der Waals surface area (Å²) in [5, 5.41) is 7.89. The van der Waals surface area contributed by atoms with Crippen LogP contribution in [0.3, 0.4) is 0 Å². The summed E-state index contributed by atoms with van der Waals surface area (Å²) in [7, 11) is 0. The van der Waals surface area contributed by atoms with Crippen molar-refractivity contribution in [3.63, 3.8) is 0 Å². The van der Waals surface area contributed by atoms with Gasteiger partial charge in [-0.15, -0.1) is 0 Å². The van der Waals surface area contributed by atoms with Crippen LogP contribution in [0.25, 0.3) is 0 Å². The molecule has 0 heterocycles. The van der Waals surface area contributed by atoms with Gasteiger partial charge in [-0.05, 0) is 32.6 Å². The molecule has 114 valence electrons. The van der Waals surface area contributed by atoms with E-state index in [-0.39, 0.29) is 5.57 Å². The number of quaternary nitrogens is 1. The standard InChI is InChI=1S/C12H28N.C4H6O2/c1-5-9-13(10-6-2,11-7-3)12-8-4;1-3(2)4(5)6/h5-12H2,1-4H3;1H2,2H3,(H,5,6)/q+1;. The second-order valence-electron chi connectivity index (χ2n) is 5.32. The van der Waals surface area contributed by atoms with Crippen molar-refractivity contribution < 1.29 is 14.4 Å². The monoisotopic (exact) mass is 272 g/mol. The fraction of sp³-hybridized carbons (Fsp3) is 0.812. The second-order valence-corrected chi connectivity index (χ2v) is 5.32. The fourth-order valence-electron chi connectivity index (χ4n) is 2.57. The van der Waals surface area contributed by atoms with Gasteiger partial charge in [0.15, 0.2) is 0 Å². The van der Waals surface area contributed by atoms with Crippen molar-refractivity contribution >= 4 is 5.97 Å². The van der Waals surface area contributed by atoms with E-state index < -0.39 is 5.97 Å². The molecule has 0 spiro atoms. The van der Waals surface area contributed by atoms with E-state index in [0.717, 1.165) is 0 Å². The van der Waals surface area contributed by atoms with Gasteiger partial charge in [0.1, 0.15) is 0 Å². The van der Waals surface area contributed by atoms with Crippen molar-refractivity contribution in [2.75, 3.05) is 26.2 Å². The van der Waals surface area contributed by atoms with E-state index in [1.165, 1.54) is 63.3 Å². The summed E-state index contributed by atoms with van der Waals surface area (Å²) in [6.07, 6.45) is 5.33. The van der Waals surface area contributed by atoms with E-state index in [4.69, 9.17) is 5.11 Å². The smallest absolute Gasteiger partial charge is 0.330 e. The summed E-state index contributed by atoms with van der Waals surface area (Å²) in [6.45, 7) is 19.4. The van der Waals surface area contributed by atoms with Crippen LogP contribution >= 0.6 is 0 Å². The highest BCUT2D eigenvalue weighted by Gasteiger charge is 2.22. The fourth-order valence-corrected chi connectivity index (χ4v) is 2.57. The molecule has 0 aliphatic heterocycles. The molecule has 0 rings (SSSR count). The molecular formula is C16H34NO2+.